The molecule has 0 aliphatic rings. The minimum Gasteiger partial charge on any atom is -0.456 e. The molecule has 0 aliphatic carbocycles. The van der Waals surface area contributed by atoms with Gasteiger partial charge >= 0.3 is 0 Å². The minimum absolute atomic E-state index is 0.889. The van der Waals surface area contributed by atoms with Gasteiger partial charge in [-0.1, -0.05) is 188 Å². The van der Waals surface area contributed by atoms with Gasteiger partial charge in [0.25, 0.3) is 0 Å². The number of aromatic nitrogens is 1. The quantitative estimate of drug-likeness (QED) is 0.152. The molecule has 67 heavy (non-hydrogen) atoms. The Bertz CT molecular complexity index is 3970. The molecule has 0 N–H and O–H groups in total. The molecule has 13 aromatic rings. The zero-order valence-electron chi connectivity index (χ0n) is 36.6. The molecule has 0 radical (unpaired) electrons. The normalized spacial score (nSPS) is 11.6. The van der Waals surface area contributed by atoms with Crippen LogP contribution in [0.4, 0.5) is 17.1 Å². The zero-order chi connectivity index (χ0) is 44.3. The van der Waals surface area contributed by atoms with E-state index >= 15 is 0 Å². The smallest absolute Gasteiger partial charge is 0.136 e. The van der Waals surface area contributed by atoms with Crippen molar-refractivity contribution >= 4 is 71.6 Å². The van der Waals surface area contributed by atoms with Gasteiger partial charge in [-0.05, 0) is 111 Å². The van der Waals surface area contributed by atoms with E-state index in [1.165, 1.54) is 49.3 Å². The van der Waals surface area contributed by atoms with Crippen molar-refractivity contribution in [3.05, 3.63) is 255 Å². The molecule has 11 aromatic carbocycles. The van der Waals surface area contributed by atoms with Gasteiger partial charge in [-0.25, -0.2) is 0 Å². The molecule has 0 aliphatic heterocycles. The SMILES string of the molecule is c1ccc(-c2cccc3cccc(-c4ccccc4N(c4ccc(-c5ccc6c(c5)oc5ccccc56)cc4)c4ccccc4-c4ccc5c6ccccc6n(-c6ccccc6)c5c4)c23)cc1. The third kappa shape index (κ3) is 6.51. The van der Waals surface area contributed by atoms with Crippen molar-refractivity contribution in [2.75, 3.05) is 4.90 Å². The molecule has 0 atom stereocenters. The first-order valence-corrected chi connectivity index (χ1v) is 22.9. The minimum atomic E-state index is 0.889. The molecule has 3 nitrogen and oxygen atoms in total. The van der Waals surface area contributed by atoms with Crippen LogP contribution in [0.15, 0.2) is 259 Å². The third-order valence-electron chi connectivity index (χ3n) is 13.4. The van der Waals surface area contributed by atoms with Gasteiger partial charge in [0, 0.05) is 44.0 Å². The maximum atomic E-state index is 6.34. The van der Waals surface area contributed by atoms with E-state index in [9.17, 15) is 0 Å². The van der Waals surface area contributed by atoms with Gasteiger partial charge in [0.2, 0.25) is 0 Å². The number of nitrogens with zero attached hydrogens (tertiary/aromatic N) is 2. The van der Waals surface area contributed by atoms with Gasteiger partial charge in [-0.15, -0.1) is 0 Å². The fourth-order valence-corrected chi connectivity index (χ4v) is 10.3. The predicted octanol–water partition coefficient (Wildman–Crippen LogP) is 18.0. The molecule has 0 fully saturated rings. The highest BCUT2D eigenvalue weighted by Gasteiger charge is 2.23. The largest absolute Gasteiger partial charge is 0.456 e. The van der Waals surface area contributed by atoms with Crippen molar-refractivity contribution in [1.82, 2.24) is 4.57 Å². The highest BCUT2D eigenvalue weighted by molar-refractivity contribution is 6.12. The van der Waals surface area contributed by atoms with Gasteiger partial charge < -0.3 is 13.9 Å². The summed E-state index contributed by atoms with van der Waals surface area (Å²) >= 11 is 0. The summed E-state index contributed by atoms with van der Waals surface area (Å²) in [4.78, 5) is 2.46. The average Bonchev–Trinajstić information content (AvgIpc) is 3.94. The molecular formula is C64H42N2O. The first-order chi connectivity index (χ1) is 33.2. The van der Waals surface area contributed by atoms with E-state index in [1.54, 1.807) is 0 Å². The lowest BCUT2D eigenvalue weighted by Crippen LogP contribution is -2.12. The summed E-state index contributed by atoms with van der Waals surface area (Å²) in [7, 11) is 0. The van der Waals surface area contributed by atoms with Crippen LogP contribution in [0, 0.1) is 0 Å². The third-order valence-corrected chi connectivity index (χ3v) is 13.4. The Hall–Kier alpha value is -8.92. The monoisotopic (exact) mass is 854 g/mol. The molecule has 314 valence electrons. The molecule has 0 saturated heterocycles. The molecule has 0 amide bonds. The highest BCUT2D eigenvalue weighted by atomic mass is 16.3. The van der Waals surface area contributed by atoms with Crippen LogP contribution < -0.4 is 4.90 Å². The van der Waals surface area contributed by atoms with Crippen molar-refractivity contribution < 1.29 is 4.42 Å². The van der Waals surface area contributed by atoms with Crippen molar-refractivity contribution in [2.45, 2.75) is 0 Å². The Morgan fingerprint density at radius 1 is 0.313 bits per heavy atom. The molecule has 2 heterocycles. The summed E-state index contributed by atoms with van der Waals surface area (Å²) in [6.07, 6.45) is 0. The first-order valence-electron chi connectivity index (χ1n) is 22.9. The number of para-hydroxylation sites is 5. The fraction of sp³-hybridized carbons (Fsp3) is 0. The van der Waals surface area contributed by atoms with Gasteiger partial charge in [0.15, 0.2) is 0 Å². The van der Waals surface area contributed by atoms with Crippen LogP contribution in [-0.2, 0) is 0 Å². The number of anilines is 3. The van der Waals surface area contributed by atoms with E-state index in [0.29, 0.717) is 0 Å². The van der Waals surface area contributed by atoms with Crippen molar-refractivity contribution in [3.63, 3.8) is 0 Å². The summed E-state index contributed by atoms with van der Waals surface area (Å²) in [5.41, 5.74) is 17.7. The summed E-state index contributed by atoms with van der Waals surface area (Å²) in [6, 6.07) is 92.1. The zero-order valence-corrected chi connectivity index (χ0v) is 36.6. The van der Waals surface area contributed by atoms with Crippen molar-refractivity contribution in [2.24, 2.45) is 0 Å². The lowest BCUT2D eigenvalue weighted by atomic mass is 9.90. The topological polar surface area (TPSA) is 21.3 Å². The predicted molar refractivity (Wildman–Crippen MR) is 282 cm³/mol. The molecule has 0 spiro atoms. The van der Waals surface area contributed by atoms with Gasteiger partial charge in [0.1, 0.15) is 11.2 Å². The molecule has 0 bridgehead atoms. The van der Waals surface area contributed by atoms with Crippen LogP contribution in [0.1, 0.15) is 0 Å². The molecule has 0 saturated carbocycles. The lowest BCUT2D eigenvalue weighted by Gasteiger charge is -2.30. The first kappa shape index (κ1) is 38.5. The van der Waals surface area contributed by atoms with E-state index in [-0.39, 0.29) is 0 Å². The van der Waals surface area contributed by atoms with Crippen molar-refractivity contribution in [3.8, 4) is 50.2 Å². The van der Waals surface area contributed by atoms with Crippen molar-refractivity contribution in [1.29, 1.82) is 0 Å². The number of fused-ring (bicyclic) bond motifs is 7. The van der Waals surface area contributed by atoms with Crippen LogP contribution in [0.25, 0.3) is 105 Å². The maximum Gasteiger partial charge on any atom is 0.136 e. The Morgan fingerprint density at radius 2 is 0.881 bits per heavy atom. The van der Waals surface area contributed by atoms with E-state index in [2.05, 4.69) is 252 Å². The summed E-state index contributed by atoms with van der Waals surface area (Å²) in [5, 5.41) is 7.16. The number of furan rings is 1. The molecule has 13 rings (SSSR count). The second-order valence-corrected chi connectivity index (χ2v) is 17.2. The average molecular weight is 855 g/mol. The standard InChI is InChI=1S/C64H42N2O/c1-3-17-44(18-4-1)51-27-15-19-45-20-16-28-57(64(45)51)53-25-9-13-31-60(53)65(49-37-33-43(34-38-49)46-35-40-56-55-26-10-14-32-62(55)67-63(56)42-46)58-29-11-7-23-50(58)47-36-39-54-52-24-8-12-30-59(52)66(61(54)41-47)48-21-5-2-6-22-48/h1-42H. The summed E-state index contributed by atoms with van der Waals surface area (Å²) < 4.78 is 8.74. The van der Waals surface area contributed by atoms with E-state index in [0.717, 1.165) is 72.5 Å². The summed E-state index contributed by atoms with van der Waals surface area (Å²) in [5.74, 6) is 0. The Kier molecular flexibility index (Phi) is 9.17. The lowest BCUT2D eigenvalue weighted by molar-refractivity contribution is 0.669. The van der Waals surface area contributed by atoms with Crippen LogP contribution in [0.3, 0.4) is 0 Å². The highest BCUT2D eigenvalue weighted by Crippen LogP contribution is 2.48. The number of benzene rings is 11. The number of hydrogen-bond acceptors (Lipinski definition) is 2. The number of hydrogen-bond donors (Lipinski definition) is 0. The van der Waals surface area contributed by atoms with Gasteiger partial charge in [-0.3, -0.25) is 0 Å². The Morgan fingerprint density at radius 3 is 1.69 bits per heavy atom. The van der Waals surface area contributed by atoms with Crippen LogP contribution >= 0.6 is 0 Å². The second kappa shape index (κ2) is 16.0. The maximum absolute atomic E-state index is 6.34. The van der Waals surface area contributed by atoms with Crippen LogP contribution in [-0.4, -0.2) is 4.57 Å². The summed E-state index contributed by atoms with van der Waals surface area (Å²) in [6.45, 7) is 0. The Labute approximate surface area is 388 Å². The Balaban J connectivity index is 1.02. The van der Waals surface area contributed by atoms with Crippen LogP contribution in [0.5, 0.6) is 0 Å². The van der Waals surface area contributed by atoms with E-state index < -0.39 is 0 Å². The fourth-order valence-electron chi connectivity index (χ4n) is 10.3. The second-order valence-electron chi connectivity index (χ2n) is 17.2. The molecular weight excluding hydrogens is 813 g/mol. The molecule has 3 heteroatoms. The molecule has 2 aromatic heterocycles. The van der Waals surface area contributed by atoms with E-state index in [1.807, 2.05) is 12.1 Å². The van der Waals surface area contributed by atoms with Crippen LogP contribution in [0.2, 0.25) is 0 Å². The molecule has 0 unspecified atom stereocenters. The van der Waals surface area contributed by atoms with Gasteiger partial charge in [-0.2, -0.15) is 0 Å². The van der Waals surface area contributed by atoms with E-state index in [4.69, 9.17) is 4.42 Å². The number of rotatable bonds is 8. The van der Waals surface area contributed by atoms with Gasteiger partial charge in [0.05, 0.1) is 22.4 Å².